The van der Waals surface area contributed by atoms with Crippen molar-refractivity contribution in [2.75, 3.05) is 52.4 Å². The fourth-order valence-electron chi connectivity index (χ4n) is 6.98. The molecule has 3 heterocycles. The van der Waals surface area contributed by atoms with E-state index in [1.165, 1.54) is 64.6 Å². The molecule has 0 bridgehead atoms. The second kappa shape index (κ2) is 8.98. The Morgan fingerprint density at radius 2 is 1.43 bits per heavy atom. The first kappa shape index (κ1) is 23.0. The molecule has 0 aromatic rings. The van der Waals surface area contributed by atoms with Crippen molar-refractivity contribution in [1.29, 1.82) is 0 Å². The third-order valence-corrected chi connectivity index (χ3v) is 8.92. The molecule has 174 valence electrons. The van der Waals surface area contributed by atoms with E-state index in [2.05, 4.69) is 42.4 Å². The van der Waals surface area contributed by atoms with Gasteiger partial charge in [-0.1, -0.05) is 27.2 Å². The molecule has 1 saturated carbocycles. The van der Waals surface area contributed by atoms with Crippen molar-refractivity contribution >= 4 is 0 Å². The Balaban J connectivity index is 1.16. The van der Waals surface area contributed by atoms with Crippen LogP contribution in [0.1, 0.15) is 85.5 Å². The molecule has 3 saturated heterocycles. The quantitative estimate of drug-likeness (QED) is 0.506. The molecule has 1 aliphatic carbocycles. The maximum atomic E-state index is 15.6. The zero-order valence-corrected chi connectivity index (χ0v) is 20.4. The smallest absolute Gasteiger partial charge is 0.126 e. The molecule has 4 fully saturated rings. The minimum atomic E-state index is -0.941. The first-order valence-corrected chi connectivity index (χ1v) is 13.1. The number of rotatable bonds is 9. The molecule has 0 N–H and O–H groups in total. The molecule has 1 spiro atoms. The topological polar surface area (TPSA) is 9.72 Å². The fourth-order valence-corrected chi connectivity index (χ4v) is 6.98. The fraction of sp³-hybridized carbons (Fsp3) is 1.00. The average molecular weight is 422 g/mol. The van der Waals surface area contributed by atoms with E-state index in [1.54, 1.807) is 0 Å². The summed E-state index contributed by atoms with van der Waals surface area (Å²) in [5.41, 5.74) is 0.149. The van der Waals surface area contributed by atoms with Gasteiger partial charge in [-0.05, 0) is 88.1 Å². The zero-order valence-electron chi connectivity index (χ0n) is 20.4. The summed E-state index contributed by atoms with van der Waals surface area (Å²) in [6.45, 7) is 18.0. The molecule has 1 unspecified atom stereocenters. The number of piperidine rings is 2. The van der Waals surface area contributed by atoms with Crippen LogP contribution in [0.25, 0.3) is 0 Å². The Labute approximate surface area is 185 Å². The number of halogens is 1. The van der Waals surface area contributed by atoms with E-state index in [0.717, 1.165) is 51.0 Å². The van der Waals surface area contributed by atoms with Crippen LogP contribution in [0.2, 0.25) is 0 Å². The Kier molecular flexibility index (Phi) is 6.88. The largest absolute Gasteiger partial charge is 0.303 e. The van der Waals surface area contributed by atoms with Crippen molar-refractivity contribution in [3.05, 3.63) is 0 Å². The molecule has 30 heavy (non-hydrogen) atoms. The lowest BCUT2D eigenvalue weighted by Crippen LogP contribution is -2.63. The molecule has 3 nitrogen and oxygen atoms in total. The maximum absolute atomic E-state index is 15.6. The summed E-state index contributed by atoms with van der Waals surface area (Å²) in [5.74, 6) is 0.790. The lowest BCUT2D eigenvalue weighted by atomic mass is 9.71. The number of alkyl halides is 1. The van der Waals surface area contributed by atoms with Gasteiger partial charge in [-0.2, -0.15) is 0 Å². The first-order valence-electron chi connectivity index (χ1n) is 13.1. The third-order valence-electron chi connectivity index (χ3n) is 8.92. The van der Waals surface area contributed by atoms with E-state index in [1.807, 2.05) is 0 Å². The number of hydrogen-bond acceptors (Lipinski definition) is 3. The van der Waals surface area contributed by atoms with Gasteiger partial charge in [-0.15, -0.1) is 0 Å². The molecule has 0 amide bonds. The number of likely N-dealkylation sites (tertiary alicyclic amines) is 3. The summed E-state index contributed by atoms with van der Waals surface area (Å²) in [5, 5.41) is 0. The van der Waals surface area contributed by atoms with E-state index in [4.69, 9.17) is 0 Å². The summed E-state index contributed by atoms with van der Waals surface area (Å²) < 4.78 is 15.6. The monoisotopic (exact) mass is 421 g/mol. The lowest BCUT2D eigenvalue weighted by molar-refractivity contribution is -0.0850. The molecule has 1 atom stereocenters. The predicted molar refractivity (Wildman–Crippen MR) is 125 cm³/mol. The van der Waals surface area contributed by atoms with E-state index in [9.17, 15) is 0 Å². The molecule has 0 aromatic heterocycles. The van der Waals surface area contributed by atoms with Crippen LogP contribution < -0.4 is 0 Å². The normalized spacial score (nSPS) is 29.8. The van der Waals surface area contributed by atoms with Gasteiger partial charge >= 0.3 is 0 Å². The van der Waals surface area contributed by atoms with Gasteiger partial charge in [-0.3, -0.25) is 4.90 Å². The Morgan fingerprint density at radius 1 is 0.800 bits per heavy atom. The van der Waals surface area contributed by atoms with Crippen molar-refractivity contribution in [2.45, 2.75) is 97.2 Å². The first-order chi connectivity index (χ1) is 14.2. The van der Waals surface area contributed by atoms with Gasteiger partial charge in [0.15, 0.2) is 0 Å². The minimum Gasteiger partial charge on any atom is -0.303 e. The van der Waals surface area contributed by atoms with Gasteiger partial charge in [0.05, 0.1) is 0 Å². The molecule has 4 rings (SSSR count). The van der Waals surface area contributed by atoms with E-state index < -0.39 is 5.67 Å². The van der Waals surface area contributed by atoms with Gasteiger partial charge in [0.25, 0.3) is 0 Å². The Morgan fingerprint density at radius 3 is 1.97 bits per heavy atom. The highest BCUT2D eigenvalue weighted by Gasteiger charge is 2.49. The van der Waals surface area contributed by atoms with Gasteiger partial charge in [0.2, 0.25) is 0 Å². The summed E-state index contributed by atoms with van der Waals surface area (Å²) in [6.07, 6.45) is 10.9. The van der Waals surface area contributed by atoms with Crippen molar-refractivity contribution in [3.8, 4) is 0 Å². The molecule has 4 aliphatic rings. The van der Waals surface area contributed by atoms with E-state index in [-0.39, 0.29) is 0 Å². The Hall–Kier alpha value is -0.190. The third kappa shape index (κ3) is 5.41. The van der Waals surface area contributed by atoms with Crippen LogP contribution in [0.4, 0.5) is 4.39 Å². The molecular weight excluding hydrogens is 373 g/mol. The Bertz CT molecular complexity index is 549. The number of nitrogens with zero attached hydrogens (tertiary/aromatic N) is 3. The molecule has 0 aromatic carbocycles. The van der Waals surface area contributed by atoms with Crippen molar-refractivity contribution < 1.29 is 4.39 Å². The van der Waals surface area contributed by atoms with Crippen LogP contribution in [0, 0.1) is 16.7 Å². The summed E-state index contributed by atoms with van der Waals surface area (Å²) in [4.78, 5) is 7.72. The van der Waals surface area contributed by atoms with Gasteiger partial charge in [-0.25, -0.2) is 4.39 Å². The minimum absolute atomic E-state index is 0.509. The highest BCUT2D eigenvalue weighted by Crippen LogP contribution is 2.51. The van der Waals surface area contributed by atoms with Crippen LogP contribution >= 0.6 is 0 Å². The van der Waals surface area contributed by atoms with Crippen LogP contribution in [0.3, 0.4) is 0 Å². The molecular formula is C26H48FN3. The van der Waals surface area contributed by atoms with Gasteiger partial charge in [0, 0.05) is 45.3 Å². The van der Waals surface area contributed by atoms with Crippen LogP contribution in [0.15, 0.2) is 0 Å². The zero-order chi connectivity index (χ0) is 21.4. The molecule has 4 heteroatoms. The lowest BCUT2D eigenvalue weighted by Gasteiger charge is -2.56. The molecule has 0 radical (unpaired) electrons. The summed E-state index contributed by atoms with van der Waals surface area (Å²) >= 11 is 0. The van der Waals surface area contributed by atoms with Gasteiger partial charge < -0.3 is 9.80 Å². The van der Waals surface area contributed by atoms with E-state index in [0.29, 0.717) is 17.4 Å². The standard InChI is InChI=1S/C26H48FN3/c1-5-6-23(4)30-15-9-25(10-16-30)19-29(20-25)21-26(27)11-13-28(14-12-26)18-24(7-8-24)17-22(2)3/h22-23H,5-21H2,1-4H3. The highest BCUT2D eigenvalue weighted by atomic mass is 19.1. The average Bonchev–Trinajstić information content (AvgIpc) is 3.41. The second-order valence-electron chi connectivity index (χ2n) is 12.3. The second-order valence-corrected chi connectivity index (χ2v) is 12.3. The van der Waals surface area contributed by atoms with Crippen LogP contribution in [-0.2, 0) is 0 Å². The summed E-state index contributed by atoms with van der Waals surface area (Å²) in [6, 6.07) is 0.734. The van der Waals surface area contributed by atoms with Crippen molar-refractivity contribution in [3.63, 3.8) is 0 Å². The maximum Gasteiger partial charge on any atom is 0.126 e. The van der Waals surface area contributed by atoms with E-state index >= 15 is 4.39 Å². The van der Waals surface area contributed by atoms with Gasteiger partial charge in [0.1, 0.15) is 5.67 Å². The van der Waals surface area contributed by atoms with Crippen LogP contribution in [0.5, 0.6) is 0 Å². The van der Waals surface area contributed by atoms with Crippen molar-refractivity contribution in [1.82, 2.24) is 14.7 Å². The summed E-state index contributed by atoms with van der Waals surface area (Å²) in [7, 11) is 0. The SMILES string of the molecule is CCCC(C)N1CCC2(CC1)CN(CC1(F)CCN(CC3(CC(C)C)CC3)CC1)C2. The predicted octanol–water partition coefficient (Wildman–Crippen LogP) is 5.20. The van der Waals surface area contributed by atoms with Crippen molar-refractivity contribution in [2.24, 2.45) is 16.7 Å². The molecule has 3 aliphatic heterocycles. The highest BCUT2D eigenvalue weighted by molar-refractivity contribution is 5.03. The number of hydrogen-bond donors (Lipinski definition) is 0. The van der Waals surface area contributed by atoms with Crippen LogP contribution in [-0.4, -0.2) is 78.8 Å².